The minimum Gasteiger partial charge on any atom is -0.352 e. The summed E-state index contributed by atoms with van der Waals surface area (Å²) in [6.07, 6.45) is 1.21. The van der Waals surface area contributed by atoms with Crippen molar-refractivity contribution >= 4 is 29.1 Å². The molecule has 5 nitrogen and oxygen atoms in total. The van der Waals surface area contributed by atoms with Crippen LogP contribution in [0, 0.1) is 31.4 Å². The van der Waals surface area contributed by atoms with Gasteiger partial charge in [0.2, 0.25) is 5.91 Å². The van der Waals surface area contributed by atoms with Crippen molar-refractivity contribution in [1.82, 2.24) is 10.3 Å². The van der Waals surface area contributed by atoms with Crippen LogP contribution in [-0.4, -0.2) is 22.5 Å². The van der Waals surface area contributed by atoms with E-state index in [0.29, 0.717) is 27.8 Å². The number of nitrogens with zero attached hydrogens (tertiary/aromatic N) is 1. The molecule has 0 radical (unpaired) electrons. The van der Waals surface area contributed by atoms with E-state index in [9.17, 15) is 23.2 Å². The maximum Gasteiger partial charge on any atom is 0.221 e. The van der Waals surface area contributed by atoms with Crippen LogP contribution in [0.15, 0.2) is 48.7 Å². The maximum atomic E-state index is 14.4. The van der Waals surface area contributed by atoms with Crippen molar-refractivity contribution in [2.75, 3.05) is 0 Å². The number of amides is 1. The number of hydrogen-bond donors (Lipinski definition) is 1. The SMILES string of the molecule is Cc1cc(-c2ncc(Cl)cc2F)cc(C)c1[C@H]1C(=O)CC(CC(=O)NCc2cccc(F)c2)C1=O. The molecule has 1 aliphatic rings. The van der Waals surface area contributed by atoms with Crippen molar-refractivity contribution in [2.45, 2.75) is 39.2 Å². The molecule has 4 rings (SSSR count). The Morgan fingerprint density at radius 2 is 1.83 bits per heavy atom. The summed E-state index contributed by atoms with van der Waals surface area (Å²) < 4.78 is 27.7. The molecule has 8 heteroatoms. The van der Waals surface area contributed by atoms with E-state index in [2.05, 4.69) is 10.3 Å². The molecule has 0 saturated heterocycles. The molecule has 0 aliphatic heterocycles. The van der Waals surface area contributed by atoms with E-state index in [1.807, 2.05) is 0 Å². The first-order valence-corrected chi connectivity index (χ1v) is 11.5. The number of carbonyl (C=O) groups excluding carboxylic acids is 3. The molecule has 1 aromatic heterocycles. The first-order valence-electron chi connectivity index (χ1n) is 11.1. The molecule has 180 valence electrons. The Bertz CT molecular complexity index is 1320. The fourth-order valence-corrected chi connectivity index (χ4v) is 4.81. The minimum absolute atomic E-state index is 0.0229. The van der Waals surface area contributed by atoms with E-state index in [-0.39, 0.29) is 47.6 Å². The van der Waals surface area contributed by atoms with Crippen LogP contribution < -0.4 is 5.32 Å². The largest absolute Gasteiger partial charge is 0.352 e. The molecule has 3 aromatic rings. The van der Waals surface area contributed by atoms with Gasteiger partial charge in [0.05, 0.1) is 5.02 Å². The van der Waals surface area contributed by atoms with Gasteiger partial charge in [-0.2, -0.15) is 0 Å². The monoisotopic (exact) mass is 496 g/mol. The second-order valence-corrected chi connectivity index (χ2v) is 9.26. The number of Topliss-reactive ketones (excluding diaryl/α,β-unsaturated/α-hetero) is 2. The lowest BCUT2D eigenvalue weighted by Gasteiger charge is -2.17. The number of pyridine rings is 1. The Morgan fingerprint density at radius 3 is 2.49 bits per heavy atom. The van der Waals surface area contributed by atoms with Crippen LogP contribution in [0.4, 0.5) is 8.78 Å². The van der Waals surface area contributed by atoms with Crippen LogP contribution in [-0.2, 0) is 20.9 Å². The van der Waals surface area contributed by atoms with Crippen LogP contribution in [0.3, 0.4) is 0 Å². The number of rotatable bonds is 6. The van der Waals surface area contributed by atoms with Crippen molar-refractivity contribution in [3.8, 4) is 11.3 Å². The van der Waals surface area contributed by atoms with E-state index in [0.717, 1.165) is 0 Å². The normalized spacial score (nSPS) is 17.6. The molecule has 1 fully saturated rings. The second kappa shape index (κ2) is 10.0. The smallest absolute Gasteiger partial charge is 0.221 e. The lowest BCUT2D eigenvalue weighted by molar-refractivity contribution is -0.128. The summed E-state index contributed by atoms with van der Waals surface area (Å²) in [7, 11) is 0. The van der Waals surface area contributed by atoms with Gasteiger partial charge in [0.25, 0.3) is 0 Å². The third-order valence-corrected chi connectivity index (χ3v) is 6.44. The summed E-state index contributed by atoms with van der Waals surface area (Å²) in [5.74, 6) is -3.58. The van der Waals surface area contributed by atoms with Gasteiger partial charge < -0.3 is 5.32 Å². The Hall–Kier alpha value is -3.45. The molecular formula is C27H23ClF2N2O3. The highest BCUT2D eigenvalue weighted by molar-refractivity contribution is 6.30. The highest BCUT2D eigenvalue weighted by atomic mass is 35.5. The summed E-state index contributed by atoms with van der Waals surface area (Å²) in [6.45, 7) is 3.66. The summed E-state index contributed by atoms with van der Waals surface area (Å²) in [5.41, 5.74) is 3.16. The van der Waals surface area contributed by atoms with Gasteiger partial charge in [-0.3, -0.25) is 19.4 Å². The van der Waals surface area contributed by atoms with Gasteiger partial charge in [0.1, 0.15) is 23.2 Å². The molecule has 2 aromatic carbocycles. The predicted octanol–water partition coefficient (Wildman–Crippen LogP) is 5.25. The average molecular weight is 497 g/mol. The Labute approximate surface area is 206 Å². The number of hydrogen-bond acceptors (Lipinski definition) is 4. The number of aryl methyl sites for hydroxylation is 2. The molecule has 1 heterocycles. The van der Waals surface area contributed by atoms with Gasteiger partial charge in [0, 0.05) is 37.1 Å². The van der Waals surface area contributed by atoms with Crippen LogP contribution in [0.25, 0.3) is 11.3 Å². The molecular weight excluding hydrogens is 474 g/mol. The Kier molecular flexibility index (Phi) is 7.08. The average Bonchev–Trinajstić information content (AvgIpc) is 3.05. The summed E-state index contributed by atoms with van der Waals surface area (Å²) >= 11 is 5.80. The molecule has 1 amide bonds. The number of benzene rings is 2. The third-order valence-electron chi connectivity index (χ3n) is 6.23. The summed E-state index contributed by atoms with van der Waals surface area (Å²) in [4.78, 5) is 42.5. The molecule has 0 bridgehead atoms. The van der Waals surface area contributed by atoms with E-state index >= 15 is 0 Å². The Balaban J connectivity index is 1.50. The minimum atomic E-state index is -0.965. The van der Waals surface area contributed by atoms with Gasteiger partial charge in [-0.25, -0.2) is 8.78 Å². The van der Waals surface area contributed by atoms with Crippen molar-refractivity contribution < 1.29 is 23.2 Å². The van der Waals surface area contributed by atoms with Crippen molar-refractivity contribution in [1.29, 1.82) is 0 Å². The Morgan fingerprint density at radius 1 is 1.11 bits per heavy atom. The number of nitrogens with one attached hydrogen (secondary N) is 1. The zero-order valence-electron chi connectivity index (χ0n) is 19.2. The quantitative estimate of drug-likeness (QED) is 0.473. The number of carbonyl (C=O) groups is 3. The molecule has 1 unspecified atom stereocenters. The molecule has 2 atom stereocenters. The van der Waals surface area contributed by atoms with E-state index in [1.54, 1.807) is 38.1 Å². The van der Waals surface area contributed by atoms with Crippen molar-refractivity contribution in [2.24, 2.45) is 5.92 Å². The van der Waals surface area contributed by atoms with Crippen LogP contribution in [0.5, 0.6) is 0 Å². The summed E-state index contributed by atoms with van der Waals surface area (Å²) in [6, 6.07) is 10.4. The van der Waals surface area contributed by atoms with Crippen LogP contribution >= 0.6 is 11.6 Å². The maximum absolute atomic E-state index is 14.4. The number of halogens is 3. The lowest BCUT2D eigenvalue weighted by atomic mass is 9.85. The van der Waals surface area contributed by atoms with Crippen LogP contribution in [0.2, 0.25) is 5.02 Å². The van der Waals surface area contributed by atoms with Crippen molar-refractivity contribution in [3.63, 3.8) is 0 Å². The fraction of sp³-hybridized carbons (Fsp3) is 0.259. The predicted molar refractivity (Wildman–Crippen MR) is 128 cm³/mol. The number of aromatic nitrogens is 1. The van der Waals surface area contributed by atoms with Crippen molar-refractivity contribution in [3.05, 3.63) is 87.6 Å². The van der Waals surface area contributed by atoms with E-state index < -0.39 is 23.5 Å². The van der Waals surface area contributed by atoms with E-state index in [1.165, 1.54) is 24.4 Å². The molecule has 1 aliphatic carbocycles. The second-order valence-electron chi connectivity index (χ2n) is 8.82. The fourth-order valence-electron chi connectivity index (χ4n) is 4.67. The van der Waals surface area contributed by atoms with Gasteiger partial charge in [0.15, 0.2) is 11.6 Å². The van der Waals surface area contributed by atoms with Gasteiger partial charge in [-0.1, -0.05) is 23.7 Å². The van der Waals surface area contributed by atoms with Gasteiger partial charge in [-0.15, -0.1) is 0 Å². The van der Waals surface area contributed by atoms with Gasteiger partial charge in [-0.05, 0) is 66.4 Å². The zero-order valence-corrected chi connectivity index (χ0v) is 20.0. The molecule has 1 N–H and O–H groups in total. The van der Waals surface area contributed by atoms with E-state index in [4.69, 9.17) is 11.6 Å². The first-order chi connectivity index (χ1) is 16.6. The van der Waals surface area contributed by atoms with Crippen LogP contribution in [0.1, 0.15) is 41.0 Å². The highest BCUT2D eigenvalue weighted by Gasteiger charge is 2.43. The molecule has 1 saturated carbocycles. The summed E-state index contributed by atoms with van der Waals surface area (Å²) in [5, 5.41) is 2.86. The highest BCUT2D eigenvalue weighted by Crippen LogP contribution is 2.38. The third kappa shape index (κ3) is 5.30. The molecule has 35 heavy (non-hydrogen) atoms. The first kappa shape index (κ1) is 24.7. The lowest BCUT2D eigenvalue weighted by Crippen LogP contribution is -2.27. The number of ketones is 2. The standard InChI is InChI=1S/C27H23ClF2N2O3/c1-14-6-17(26-21(30)11-19(28)13-32-26)7-15(2)24(14)25-22(33)9-18(27(25)35)10-23(34)31-12-16-4-3-5-20(29)8-16/h3-8,11,13,18,25H,9-10,12H2,1-2H3,(H,31,34)/t18?,25-/m1/s1. The topological polar surface area (TPSA) is 76.1 Å². The molecule has 0 spiro atoms. The van der Waals surface area contributed by atoms with Gasteiger partial charge >= 0.3 is 0 Å². The zero-order chi connectivity index (χ0) is 25.3.